The second-order valence-corrected chi connectivity index (χ2v) is 6.63. The lowest BCUT2D eigenvalue weighted by Crippen LogP contribution is -2.50. The third-order valence-corrected chi connectivity index (χ3v) is 4.63. The monoisotopic (exact) mass is 341 g/mol. The smallest absolute Gasteiger partial charge is 0.322 e. The Balaban J connectivity index is 1.64. The van der Waals surface area contributed by atoms with Gasteiger partial charge in [-0.1, -0.05) is 29.8 Å². The van der Waals surface area contributed by atoms with E-state index in [-0.39, 0.29) is 11.7 Å². The normalized spacial score (nSPS) is 14.6. The van der Waals surface area contributed by atoms with Gasteiger partial charge in [0, 0.05) is 31.9 Å². The first-order chi connectivity index (χ1) is 12.0. The molecule has 0 atom stereocenters. The molecule has 0 radical (unpaired) electrons. The van der Waals surface area contributed by atoms with E-state index in [1.807, 2.05) is 0 Å². The first-order valence-electron chi connectivity index (χ1n) is 8.59. The molecule has 0 aliphatic carbocycles. The van der Waals surface area contributed by atoms with Gasteiger partial charge in [0.2, 0.25) is 0 Å². The highest BCUT2D eigenvalue weighted by atomic mass is 19.1. The molecule has 2 amide bonds. The maximum atomic E-state index is 13.7. The molecule has 0 spiro atoms. The summed E-state index contributed by atoms with van der Waals surface area (Å²) in [5.41, 5.74) is 5.28. The van der Waals surface area contributed by atoms with Crippen LogP contribution in [0.2, 0.25) is 0 Å². The number of rotatable bonds is 2. The molecule has 1 fully saturated rings. The molecule has 0 aromatic heterocycles. The fourth-order valence-corrected chi connectivity index (χ4v) is 3.56. The van der Waals surface area contributed by atoms with Crippen LogP contribution in [0, 0.1) is 26.6 Å². The molecule has 2 aromatic carbocycles. The highest BCUT2D eigenvalue weighted by Gasteiger charge is 2.23. The molecule has 2 aromatic rings. The maximum absolute atomic E-state index is 13.7. The van der Waals surface area contributed by atoms with Crippen molar-refractivity contribution in [3.05, 3.63) is 58.9 Å². The Morgan fingerprint density at radius 2 is 1.60 bits per heavy atom. The zero-order valence-electron chi connectivity index (χ0n) is 15.0. The predicted molar refractivity (Wildman–Crippen MR) is 99.9 cm³/mol. The number of halogens is 1. The number of piperazine rings is 1. The van der Waals surface area contributed by atoms with E-state index in [9.17, 15) is 9.18 Å². The number of nitrogens with one attached hydrogen (secondary N) is 1. The summed E-state index contributed by atoms with van der Waals surface area (Å²) < 4.78 is 13.7. The minimum Gasteiger partial charge on any atom is -0.368 e. The minimum atomic E-state index is -0.416. The van der Waals surface area contributed by atoms with Gasteiger partial charge in [0.25, 0.3) is 0 Å². The van der Waals surface area contributed by atoms with Crippen molar-refractivity contribution in [1.82, 2.24) is 4.90 Å². The van der Waals surface area contributed by atoms with Crippen molar-refractivity contribution in [3.8, 4) is 0 Å². The molecule has 4 nitrogen and oxygen atoms in total. The summed E-state index contributed by atoms with van der Waals surface area (Å²) in [5, 5.41) is 2.66. The first-order valence-corrected chi connectivity index (χ1v) is 8.59. The Bertz CT molecular complexity index is 759. The fraction of sp³-hybridized carbons (Fsp3) is 0.350. The lowest BCUT2D eigenvalue weighted by atomic mass is 10.0. The number of urea groups is 1. The highest BCUT2D eigenvalue weighted by Crippen LogP contribution is 2.27. The fourth-order valence-electron chi connectivity index (χ4n) is 3.56. The van der Waals surface area contributed by atoms with Crippen LogP contribution in [0.5, 0.6) is 0 Å². The number of carbonyl (C=O) groups is 1. The molecule has 1 aliphatic heterocycles. The summed E-state index contributed by atoms with van der Waals surface area (Å²) in [6.45, 7) is 9.15. The molecule has 5 heteroatoms. The molecular weight excluding hydrogens is 317 g/mol. The second-order valence-electron chi connectivity index (χ2n) is 6.63. The Hall–Kier alpha value is -2.56. The van der Waals surface area contributed by atoms with Crippen LogP contribution >= 0.6 is 0 Å². The summed E-state index contributed by atoms with van der Waals surface area (Å²) in [6.07, 6.45) is 0. The quantitative estimate of drug-likeness (QED) is 0.892. The summed E-state index contributed by atoms with van der Waals surface area (Å²) in [5.74, 6) is -0.416. The van der Waals surface area contributed by atoms with Crippen LogP contribution in [0.1, 0.15) is 16.7 Å². The average Bonchev–Trinajstić information content (AvgIpc) is 2.56. The van der Waals surface area contributed by atoms with E-state index in [0.29, 0.717) is 13.1 Å². The number of benzene rings is 2. The van der Waals surface area contributed by atoms with Gasteiger partial charge in [-0.2, -0.15) is 0 Å². The molecule has 1 heterocycles. The minimum absolute atomic E-state index is 0.222. The lowest BCUT2D eigenvalue weighted by Gasteiger charge is -2.37. The Labute approximate surface area is 148 Å². The van der Waals surface area contributed by atoms with Gasteiger partial charge in [0.1, 0.15) is 5.82 Å². The Morgan fingerprint density at radius 1 is 1.00 bits per heavy atom. The number of hydrogen-bond acceptors (Lipinski definition) is 2. The van der Waals surface area contributed by atoms with Crippen molar-refractivity contribution in [2.24, 2.45) is 0 Å². The van der Waals surface area contributed by atoms with Gasteiger partial charge in [-0.3, -0.25) is 0 Å². The number of amides is 2. The van der Waals surface area contributed by atoms with E-state index in [4.69, 9.17) is 0 Å². The van der Waals surface area contributed by atoms with Crippen molar-refractivity contribution < 1.29 is 9.18 Å². The van der Waals surface area contributed by atoms with Crippen LogP contribution in [0.3, 0.4) is 0 Å². The van der Waals surface area contributed by atoms with Gasteiger partial charge in [0.05, 0.1) is 5.69 Å². The average molecular weight is 341 g/mol. The first kappa shape index (κ1) is 17.3. The van der Waals surface area contributed by atoms with Gasteiger partial charge < -0.3 is 15.1 Å². The van der Waals surface area contributed by atoms with Crippen LogP contribution in [0.25, 0.3) is 0 Å². The third kappa shape index (κ3) is 3.76. The summed E-state index contributed by atoms with van der Waals surface area (Å²) in [7, 11) is 0. The van der Waals surface area contributed by atoms with Crippen molar-refractivity contribution in [2.45, 2.75) is 20.8 Å². The standard InChI is InChI=1S/C20H24FN3O/c1-14-12-15(2)19(16(3)13-14)23-8-10-24(11-9-23)20(25)22-18-7-5-4-6-17(18)21/h4-7,12-13H,8-11H2,1-3H3,(H,22,25). The second kappa shape index (κ2) is 7.13. The SMILES string of the molecule is Cc1cc(C)c(N2CCN(C(=O)Nc3ccccc3F)CC2)c(C)c1. The molecule has 0 saturated carbocycles. The molecule has 1 aliphatic rings. The van der Waals surface area contributed by atoms with Crippen molar-refractivity contribution in [3.63, 3.8) is 0 Å². The van der Waals surface area contributed by atoms with Crippen molar-refractivity contribution in [2.75, 3.05) is 36.4 Å². The zero-order valence-corrected chi connectivity index (χ0v) is 15.0. The van der Waals surface area contributed by atoms with Crippen LogP contribution in [-0.2, 0) is 0 Å². The molecule has 3 rings (SSSR count). The van der Waals surface area contributed by atoms with E-state index < -0.39 is 5.82 Å². The molecule has 1 N–H and O–H groups in total. The van der Waals surface area contributed by atoms with E-state index in [0.717, 1.165) is 13.1 Å². The zero-order chi connectivity index (χ0) is 18.0. The molecule has 0 unspecified atom stereocenters. The van der Waals surface area contributed by atoms with Crippen LogP contribution in [0.15, 0.2) is 36.4 Å². The van der Waals surface area contributed by atoms with Crippen molar-refractivity contribution in [1.29, 1.82) is 0 Å². The van der Waals surface area contributed by atoms with Crippen molar-refractivity contribution >= 4 is 17.4 Å². The molecule has 0 bridgehead atoms. The number of hydrogen-bond donors (Lipinski definition) is 1. The molecular formula is C20H24FN3O. The Morgan fingerprint density at radius 3 is 2.20 bits per heavy atom. The lowest BCUT2D eigenvalue weighted by molar-refractivity contribution is 0.208. The third-order valence-electron chi connectivity index (χ3n) is 4.63. The van der Waals surface area contributed by atoms with E-state index >= 15 is 0 Å². The summed E-state index contributed by atoms with van der Waals surface area (Å²) in [4.78, 5) is 16.4. The van der Waals surface area contributed by atoms with Gasteiger partial charge in [-0.25, -0.2) is 9.18 Å². The maximum Gasteiger partial charge on any atom is 0.322 e. The topological polar surface area (TPSA) is 35.6 Å². The summed E-state index contributed by atoms with van der Waals surface area (Å²) in [6, 6.07) is 10.4. The van der Waals surface area contributed by atoms with E-state index in [2.05, 4.69) is 43.1 Å². The number of anilines is 2. The van der Waals surface area contributed by atoms with E-state index in [1.54, 1.807) is 23.1 Å². The predicted octanol–water partition coefficient (Wildman–Crippen LogP) is 4.11. The Kier molecular flexibility index (Phi) is 4.93. The number of carbonyl (C=O) groups excluding carboxylic acids is 1. The van der Waals surface area contributed by atoms with Gasteiger partial charge in [0.15, 0.2) is 0 Å². The summed E-state index contributed by atoms with van der Waals surface area (Å²) >= 11 is 0. The molecule has 1 saturated heterocycles. The largest absolute Gasteiger partial charge is 0.368 e. The highest BCUT2D eigenvalue weighted by molar-refractivity contribution is 5.89. The van der Waals surface area contributed by atoms with Crippen LogP contribution in [-0.4, -0.2) is 37.1 Å². The van der Waals surface area contributed by atoms with Gasteiger partial charge >= 0.3 is 6.03 Å². The van der Waals surface area contributed by atoms with Crippen LogP contribution in [0.4, 0.5) is 20.6 Å². The number of nitrogens with zero attached hydrogens (tertiary/aromatic N) is 2. The van der Waals surface area contributed by atoms with Gasteiger partial charge in [-0.15, -0.1) is 0 Å². The number of aryl methyl sites for hydroxylation is 3. The van der Waals surface area contributed by atoms with E-state index in [1.165, 1.54) is 28.4 Å². The number of para-hydroxylation sites is 1. The van der Waals surface area contributed by atoms with Crippen LogP contribution < -0.4 is 10.2 Å². The van der Waals surface area contributed by atoms with Gasteiger partial charge in [-0.05, 0) is 44.0 Å². The molecule has 132 valence electrons. The molecule has 25 heavy (non-hydrogen) atoms.